The second kappa shape index (κ2) is 6.76. The number of carbonyl (C=O) groups excluding carboxylic acids is 3. The average Bonchev–Trinajstić information content (AvgIpc) is 2.59. The minimum atomic E-state index is -1.17. The van der Waals surface area contributed by atoms with E-state index < -0.39 is 18.0 Å². The molecule has 6 nitrogen and oxygen atoms in total. The van der Waals surface area contributed by atoms with E-state index in [9.17, 15) is 14.4 Å². The van der Waals surface area contributed by atoms with E-state index in [4.69, 9.17) is 10.5 Å². The van der Waals surface area contributed by atoms with Gasteiger partial charge in [-0.2, -0.15) is 0 Å². The average molecular weight is 342 g/mol. The lowest BCUT2D eigenvalue weighted by molar-refractivity contribution is -0.127. The Labute approximate surface area is 142 Å². The third-order valence-electron chi connectivity index (χ3n) is 3.43. The fourth-order valence-electron chi connectivity index (χ4n) is 2.30. The Hall–Kier alpha value is -2.80. The molecule has 3 N–H and O–H groups in total. The number of carbonyl (C=O) groups is 3. The van der Waals surface area contributed by atoms with Crippen molar-refractivity contribution in [2.45, 2.75) is 11.0 Å². The second-order valence-corrected chi connectivity index (χ2v) is 6.16. The fourth-order valence-corrected chi connectivity index (χ4v) is 3.09. The summed E-state index contributed by atoms with van der Waals surface area (Å²) in [5.74, 6) is -1.22. The summed E-state index contributed by atoms with van der Waals surface area (Å²) in [7, 11) is 0. The minimum Gasteiger partial charge on any atom is -0.444 e. The lowest BCUT2D eigenvalue weighted by Crippen LogP contribution is -2.26. The van der Waals surface area contributed by atoms with Gasteiger partial charge in [-0.3, -0.25) is 9.59 Å². The van der Waals surface area contributed by atoms with E-state index in [1.807, 2.05) is 0 Å². The Balaban J connectivity index is 1.82. The molecular weight excluding hydrogens is 328 g/mol. The molecule has 7 heteroatoms. The van der Waals surface area contributed by atoms with Crippen molar-refractivity contribution in [1.82, 2.24) is 0 Å². The van der Waals surface area contributed by atoms with Crippen LogP contribution in [-0.4, -0.2) is 23.5 Å². The van der Waals surface area contributed by atoms with Crippen LogP contribution in [-0.2, 0) is 14.3 Å². The molecule has 122 valence electrons. The first-order valence-corrected chi connectivity index (χ1v) is 8.15. The molecule has 2 aromatic carbocycles. The summed E-state index contributed by atoms with van der Waals surface area (Å²) in [6.45, 7) is 0. The van der Waals surface area contributed by atoms with E-state index in [2.05, 4.69) is 5.32 Å². The highest BCUT2D eigenvalue weighted by Crippen LogP contribution is 2.32. The molecular formula is C17H14N2O4S. The van der Waals surface area contributed by atoms with E-state index in [-0.39, 0.29) is 11.5 Å². The molecule has 0 spiro atoms. The Morgan fingerprint density at radius 3 is 2.62 bits per heavy atom. The topological polar surface area (TPSA) is 98.5 Å². The number of rotatable bonds is 4. The van der Waals surface area contributed by atoms with E-state index in [0.29, 0.717) is 17.0 Å². The van der Waals surface area contributed by atoms with Crippen LogP contribution in [0.1, 0.15) is 22.0 Å². The van der Waals surface area contributed by atoms with E-state index in [0.717, 1.165) is 4.90 Å². The lowest BCUT2D eigenvalue weighted by Gasteiger charge is -2.18. The summed E-state index contributed by atoms with van der Waals surface area (Å²) in [6, 6.07) is 13.4. The molecule has 0 aliphatic carbocycles. The van der Waals surface area contributed by atoms with Crippen LogP contribution < -0.4 is 11.1 Å². The van der Waals surface area contributed by atoms with Crippen LogP contribution in [0.15, 0.2) is 53.4 Å². The third-order valence-corrected chi connectivity index (χ3v) is 4.51. The van der Waals surface area contributed by atoms with Crippen molar-refractivity contribution >= 4 is 35.2 Å². The Morgan fingerprint density at radius 1 is 1.17 bits per heavy atom. The first kappa shape index (κ1) is 16.1. The first-order chi connectivity index (χ1) is 11.5. The maximum Gasteiger partial charge on any atom is 0.339 e. The molecule has 1 aliphatic rings. The molecule has 1 heterocycles. The summed E-state index contributed by atoms with van der Waals surface area (Å²) in [4.78, 5) is 36.3. The monoisotopic (exact) mass is 342 g/mol. The molecule has 0 saturated heterocycles. The number of esters is 1. The molecule has 1 aliphatic heterocycles. The van der Waals surface area contributed by atoms with Gasteiger partial charge in [0.15, 0.2) is 0 Å². The standard InChI is InChI=1S/C17H14N2O4S/c18-16(21)15(10-4-2-1-3-5-10)23-17(22)11-6-7-13-12(8-11)19-14(20)9-24-13/h1-8,15H,9H2,(H2,18,21)(H,19,20). The van der Waals surface area contributed by atoms with Crippen molar-refractivity contribution in [2.24, 2.45) is 5.73 Å². The molecule has 0 radical (unpaired) electrons. The summed E-state index contributed by atoms with van der Waals surface area (Å²) in [5, 5.41) is 2.70. The molecule has 0 aromatic heterocycles. The van der Waals surface area contributed by atoms with Gasteiger partial charge in [-0.05, 0) is 18.2 Å². The van der Waals surface area contributed by atoms with Crippen molar-refractivity contribution in [3.8, 4) is 0 Å². The van der Waals surface area contributed by atoms with E-state index in [1.54, 1.807) is 42.5 Å². The minimum absolute atomic E-state index is 0.127. The molecule has 3 rings (SSSR count). The van der Waals surface area contributed by atoms with Gasteiger partial charge in [-0.1, -0.05) is 30.3 Å². The normalized spacial score (nSPS) is 14.2. The zero-order valence-corrected chi connectivity index (χ0v) is 13.3. The predicted molar refractivity (Wildman–Crippen MR) is 89.6 cm³/mol. The van der Waals surface area contributed by atoms with Gasteiger partial charge in [-0.25, -0.2) is 4.79 Å². The van der Waals surface area contributed by atoms with Crippen LogP contribution in [0.25, 0.3) is 0 Å². The van der Waals surface area contributed by atoms with Gasteiger partial charge >= 0.3 is 5.97 Å². The molecule has 0 saturated carbocycles. The van der Waals surface area contributed by atoms with Gasteiger partial charge in [0.25, 0.3) is 5.91 Å². The number of hydrogen-bond acceptors (Lipinski definition) is 5. The quantitative estimate of drug-likeness (QED) is 0.829. The molecule has 2 amide bonds. The van der Waals surface area contributed by atoms with Crippen molar-refractivity contribution in [2.75, 3.05) is 11.1 Å². The number of nitrogens with two attached hydrogens (primary N) is 1. The largest absolute Gasteiger partial charge is 0.444 e. The van der Waals surface area contributed by atoms with Gasteiger partial charge in [-0.15, -0.1) is 11.8 Å². The number of primary amides is 1. The number of fused-ring (bicyclic) bond motifs is 1. The highest BCUT2D eigenvalue weighted by atomic mass is 32.2. The molecule has 1 unspecified atom stereocenters. The third kappa shape index (κ3) is 3.41. The van der Waals surface area contributed by atoms with Crippen molar-refractivity contribution < 1.29 is 19.1 Å². The maximum atomic E-state index is 12.4. The number of nitrogens with one attached hydrogen (secondary N) is 1. The van der Waals surface area contributed by atoms with Gasteiger partial charge in [0.1, 0.15) is 0 Å². The number of amides is 2. The number of benzene rings is 2. The number of thioether (sulfide) groups is 1. The Kier molecular flexibility index (Phi) is 4.52. The highest BCUT2D eigenvalue weighted by molar-refractivity contribution is 8.00. The molecule has 24 heavy (non-hydrogen) atoms. The summed E-state index contributed by atoms with van der Waals surface area (Å²) in [5.41, 5.74) is 6.64. The van der Waals surface area contributed by atoms with Crippen LogP contribution in [0, 0.1) is 0 Å². The van der Waals surface area contributed by atoms with Crippen LogP contribution in [0.5, 0.6) is 0 Å². The zero-order chi connectivity index (χ0) is 17.1. The van der Waals surface area contributed by atoms with Crippen molar-refractivity contribution in [3.05, 3.63) is 59.7 Å². The molecule has 0 bridgehead atoms. The number of anilines is 1. The van der Waals surface area contributed by atoms with Crippen LogP contribution in [0.2, 0.25) is 0 Å². The number of hydrogen-bond donors (Lipinski definition) is 2. The lowest BCUT2D eigenvalue weighted by atomic mass is 10.1. The van der Waals surface area contributed by atoms with Gasteiger partial charge in [0, 0.05) is 10.5 Å². The first-order valence-electron chi connectivity index (χ1n) is 7.16. The smallest absolute Gasteiger partial charge is 0.339 e. The van der Waals surface area contributed by atoms with E-state index >= 15 is 0 Å². The van der Waals surface area contributed by atoms with Crippen LogP contribution in [0.4, 0.5) is 5.69 Å². The Morgan fingerprint density at radius 2 is 1.92 bits per heavy atom. The van der Waals surface area contributed by atoms with Crippen LogP contribution >= 0.6 is 11.8 Å². The van der Waals surface area contributed by atoms with E-state index in [1.165, 1.54) is 17.8 Å². The van der Waals surface area contributed by atoms with Crippen LogP contribution in [0.3, 0.4) is 0 Å². The van der Waals surface area contributed by atoms with Gasteiger partial charge in [0.05, 0.1) is 17.0 Å². The van der Waals surface area contributed by atoms with Gasteiger partial charge < -0.3 is 15.8 Å². The second-order valence-electron chi connectivity index (χ2n) is 5.15. The molecule has 2 aromatic rings. The summed E-state index contributed by atoms with van der Waals surface area (Å²) in [6.07, 6.45) is -1.17. The predicted octanol–water partition coefficient (Wildman–Crippen LogP) is 2.11. The molecule has 0 fully saturated rings. The highest BCUT2D eigenvalue weighted by Gasteiger charge is 2.24. The zero-order valence-electron chi connectivity index (χ0n) is 12.5. The Bertz CT molecular complexity index is 807. The maximum absolute atomic E-state index is 12.4. The molecule has 1 atom stereocenters. The van der Waals surface area contributed by atoms with Crippen molar-refractivity contribution in [1.29, 1.82) is 0 Å². The van der Waals surface area contributed by atoms with Crippen molar-refractivity contribution in [3.63, 3.8) is 0 Å². The summed E-state index contributed by atoms with van der Waals surface area (Å²) < 4.78 is 5.27. The summed E-state index contributed by atoms with van der Waals surface area (Å²) >= 11 is 1.39. The number of ether oxygens (including phenoxy) is 1. The van der Waals surface area contributed by atoms with Gasteiger partial charge in [0.2, 0.25) is 12.0 Å². The SMILES string of the molecule is NC(=O)C(OC(=O)c1ccc2c(c1)NC(=O)CS2)c1ccccc1. The fraction of sp³-hybridized carbons (Fsp3) is 0.118.